The fraction of sp³-hybridized carbons (Fsp3) is 0. The molecular formula is C6H7NO2. The summed E-state index contributed by atoms with van der Waals surface area (Å²) in [6, 6.07) is 0. The lowest BCUT2D eigenvalue weighted by Gasteiger charge is -1.72. The highest BCUT2D eigenvalue weighted by Gasteiger charge is 1.76. The van der Waals surface area contributed by atoms with Gasteiger partial charge in [0.2, 0.25) is 6.20 Å². The minimum absolute atomic E-state index is 0.520. The monoisotopic (exact) mass is 125 g/mol. The predicted molar refractivity (Wildman–Crippen MR) is 35.5 cm³/mol. The van der Waals surface area contributed by atoms with Gasteiger partial charge in [0.25, 0.3) is 0 Å². The van der Waals surface area contributed by atoms with Crippen LogP contribution in [0.3, 0.4) is 0 Å². The third kappa shape index (κ3) is 6.62. The molecule has 0 aromatic heterocycles. The molecule has 0 unspecified atom stereocenters. The normalized spacial score (nSPS) is 10.7. The number of allylic oxidation sites excluding steroid dienone is 4. The molecule has 0 aliphatic heterocycles. The summed E-state index contributed by atoms with van der Waals surface area (Å²) in [6.07, 6.45) is 6.89. The van der Waals surface area contributed by atoms with Gasteiger partial charge in [0, 0.05) is 6.08 Å². The standard InChI is InChI=1S/C6H7NO2/c1-2-3-4-5-6-7(8)9/h2-6H,1H2/b4-3+,6-5+. The fourth-order valence-corrected chi connectivity index (χ4v) is 0.263. The first-order chi connectivity index (χ1) is 4.27. The summed E-state index contributed by atoms with van der Waals surface area (Å²) >= 11 is 0. The highest BCUT2D eigenvalue weighted by Crippen LogP contribution is 1.77. The molecule has 0 aliphatic carbocycles. The Balaban J connectivity index is 3.59. The molecule has 0 saturated carbocycles. The number of nitrogens with zero attached hydrogens (tertiary/aromatic N) is 1. The van der Waals surface area contributed by atoms with Gasteiger partial charge in [-0.3, -0.25) is 10.1 Å². The highest BCUT2D eigenvalue weighted by molar-refractivity contribution is 5.06. The van der Waals surface area contributed by atoms with E-state index in [0.717, 1.165) is 6.20 Å². The lowest BCUT2D eigenvalue weighted by Crippen LogP contribution is -1.79. The summed E-state index contributed by atoms with van der Waals surface area (Å²) in [4.78, 5) is 9.10. The molecule has 0 atom stereocenters. The summed E-state index contributed by atoms with van der Waals surface area (Å²) in [7, 11) is 0. The van der Waals surface area contributed by atoms with Crippen molar-refractivity contribution in [1.82, 2.24) is 0 Å². The maximum Gasteiger partial charge on any atom is 0.234 e. The van der Waals surface area contributed by atoms with Crippen molar-refractivity contribution in [2.45, 2.75) is 0 Å². The molecule has 0 aromatic rings. The van der Waals surface area contributed by atoms with Gasteiger partial charge in [0.15, 0.2) is 0 Å². The molecule has 0 N–H and O–H groups in total. The number of hydrogen-bond acceptors (Lipinski definition) is 2. The van der Waals surface area contributed by atoms with Crippen LogP contribution >= 0.6 is 0 Å². The van der Waals surface area contributed by atoms with Crippen LogP contribution in [-0.2, 0) is 0 Å². The zero-order valence-electron chi connectivity index (χ0n) is 4.86. The maximum atomic E-state index is 9.62. The predicted octanol–water partition coefficient (Wildman–Crippen LogP) is 1.52. The first-order valence-corrected chi connectivity index (χ1v) is 2.36. The van der Waals surface area contributed by atoms with E-state index in [-0.39, 0.29) is 0 Å². The van der Waals surface area contributed by atoms with Gasteiger partial charge in [0.05, 0.1) is 4.92 Å². The SMILES string of the molecule is C=C/C=C/C=C/[N+](=O)[O-]. The van der Waals surface area contributed by atoms with Crippen molar-refractivity contribution >= 4 is 0 Å². The Kier molecular flexibility index (Phi) is 4.04. The lowest BCUT2D eigenvalue weighted by atomic mass is 10.5. The zero-order chi connectivity index (χ0) is 7.11. The van der Waals surface area contributed by atoms with Gasteiger partial charge in [-0.25, -0.2) is 0 Å². The van der Waals surface area contributed by atoms with Crippen molar-refractivity contribution in [2.75, 3.05) is 0 Å². The van der Waals surface area contributed by atoms with Crippen molar-refractivity contribution in [2.24, 2.45) is 0 Å². The molecule has 0 aromatic carbocycles. The molecule has 0 aliphatic rings. The molecule has 0 bridgehead atoms. The van der Waals surface area contributed by atoms with Gasteiger partial charge in [-0.15, -0.1) is 0 Å². The fourth-order valence-electron chi connectivity index (χ4n) is 0.263. The van der Waals surface area contributed by atoms with Crippen LogP contribution in [0.4, 0.5) is 0 Å². The average molecular weight is 125 g/mol. The first kappa shape index (κ1) is 7.62. The van der Waals surface area contributed by atoms with Crippen molar-refractivity contribution in [3.63, 3.8) is 0 Å². The van der Waals surface area contributed by atoms with E-state index in [4.69, 9.17) is 0 Å². The van der Waals surface area contributed by atoms with E-state index in [1.165, 1.54) is 12.2 Å². The summed E-state index contributed by atoms with van der Waals surface area (Å²) < 4.78 is 0. The molecular weight excluding hydrogens is 118 g/mol. The van der Waals surface area contributed by atoms with Gasteiger partial charge in [-0.05, 0) is 0 Å². The van der Waals surface area contributed by atoms with E-state index >= 15 is 0 Å². The van der Waals surface area contributed by atoms with E-state index in [2.05, 4.69) is 6.58 Å². The van der Waals surface area contributed by atoms with Crippen LogP contribution in [0.2, 0.25) is 0 Å². The van der Waals surface area contributed by atoms with Gasteiger partial charge >= 0.3 is 0 Å². The Bertz CT molecular complexity index is 158. The molecule has 0 saturated heterocycles. The molecule has 48 valence electrons. The van der Waals surface area contributed by atoms with Crippen LogP contribution in [0.25, 0.3) is 0 Å². The van der Waals surface area contributed by atoms with Gasteiger partial charge in [-0.1, -0.05) is 24.8 Å². The Hall–Kier alpha value is -1.38. The maximum absolute atomic E-state index is 9.62. The van der Waals surface area contributed by atoms with Crippen molar-refractivity contribution < 1.29 is 4.92 Å². The van der Waals surface area contributed by atoms with Crippen molar-refractivity contribution in [1.29, 1.82) is 0 Å². The molecule has 3 nitrogen and oxygen atoms in total. The molecule has 3 heteroatoms. The van der Waals surface area contributed by atoms with E-state index in [9.17, 15) is 10.1 Å². The average Bonchev–Trinajstić information content (AvgIpc) is 1.80. The molecule has 0 fully saturated rings. The molecule has 0 rings (SSSR count). The van der Waals surface area contributed by atoms with Crippen LogP contribution < -0.4 is 0 Å². The molecule has 0 spiro atoms. The molecule has 0 radical (unpaired) electrons. The Morgan fingerprint density at radius 1 is 1.33 bits per heavy atom. The third-order valence-electron chi connectivity index (χ3n) is 0.566. The van der Waals surface area contributed by atoms with Gasteiger partial charge in [-0.2, -0.15) is 0 Å². The van der Waals surface area contributed by atoms with Crippen LogP contribution in [0.5, 0.6) is 0 Å². The van der Waals surface area contributed by atoms with Gasteiger partial charge < -0.3 is 0 Å². The summed E-state index contributed by atoms with van der Waals surface area (Å²) in [5.74, 6) is 0. The molecule has 0 heterocycles. The number of rotatable bonds is 3. The summed E-state index contributed by atoms with van der Waals surface area (Å²) in [6.45, 7) is 3.39. The van der Waals surface area contributed by atoms with Crippen LogP contribution in [0.1, 0.15) is 0 Å². The second-order valence-electron chi connectivity index (χ2n) is 1.25. The van der Waals surface area contributed by atoms with E-state index in [1.54, 1.807) is 12.2 Å². The number of nitro groups is 1. The molecule has 0 amide bonds. The van der Waals surface area contributed by atoms with Crippen LogP contribution in [-0.4, -0.2) is 4.92 Å². The highest BCUT2D eigenvalue weighted by atomic mass is 16.6. The number of hydrogen-bond donors (Lipinski definition) is 0. The Morgan fingerprint density at radius 2 is 2.00 bits per heavy atom. The minimum atomic E-state index is -0.520. The lowest BCUT2D eigenvalue weighted by molar-refractivity contribution is -0.402. The van der Waals surface area contributed by atoms with Crippen molar-refractivity contribution in [3.8, 4) is 0 Å². The smallest absolute Gasteiger partial charge is 0.234 e. The van der Waals surface area contributed by atoms with E-state index in [1.807, 2.05) is 0 Å². The first-order valence-electron chi connectivity index (χ1n) is 2.36. The topological polar surface area (TPSA) is 43.1 Å². The summed E-state index contributed by atoms with van der Waals surface area (Å²) in [5.41, 5.74) is 0. The second-order valence-corrected chi connectivity index (χ2v) is 1.25. The quantitative estimate of drug-likeness (QED) is 0.326. The minimum Gasteiger partial charge on any atom is -0.259 e. The Labute approximate surface area is 53.1 Å². The zero-order valence-corrected chi connectivity index (χ0v) is 4.86. The van der Waals surface area contributed by atoms with Crippen molar-refractivity contribution in [3.05, 3.63) is 47.2 Å². The largest absolute Gasteiger partial charge is 0.259 e. The van der Waals surface area contributed by atoms with Gasteiger partial charge in [0.1, 0.15) is 0 Å². The van der Waals surface area contributed by atoms with E-state index in [0.29, 0.717) is 0 Å². The van der Waals surface area contributed by atoms with E-state index < -0.39 is 4.92 Å². The third-order valence-corrected chi connectivity index (χ3v) is 0.566. The van der Waals surface area contributed by atoms with Crippen LogP contribution in [0.15, 0.2) is 37.1 Å². The second kappa shape index (κ2) is 4.77. The Morgan fingerprint density at radius 3 is 2.44 bits per heavy atom. The molecule has 9 heavy (non-hydrogen) atoms. The van der Waals surface area contributed by atoms with Crippen LogP contribution in [0, 0.1) is 10.1 Å². The summed E-state index contributed by atoms with van der Waals surface area (Å²) in [5, 5.41) is 9.62.